The van der Waals surface area contributed by atoms with E-state index in [0.717, 1.165) is 0 Å². The number of aliphatic carboxylic acids is 1. The van der Waals surface area contributed by atoms with Gasteiger partial charge in [-0.25, -0.2) is 4.79 Å². The summed E-state index contributed by atoms with van der Waals surface area (Å²) in [6.07, 6.45) is 1.03. The van der Waals surface area contributed by atoms with Crippen LogP contribution in [0.4, 0.5) is 0 Å². The highest BCUT2D eigenvalue weighted by atomic mass is 16.4. The molecule has 8 nitrogen and oxygen atoms in total. The van der Waals surface area contributed by atoms with Gasteiger partial charge in [-0.2, -0.15) is 0 Å². The van der Waals surface area contributed by atoms with Crippen molar-refractivity contribution >= 4 is 17.8 Å². The number of rotatable bonds is 4. The number of pyridine rings is 1. The number of carbonyl (C=O) groups excluding carboxylic acids is 2. The molecule has 1 aliphatic heterocycles. The van der Waals surface area contributed by atoms with Crippen LogP contribution in [0.1, 0.15) is 30.3 Å². The van der Waals surface area contributed by atoms with E-state index in [1.807, 2.05) is 0 Å². The third kappa shape index (κ3) is 3.33. The lowest BCUT2D eigenvalue weighted by Crippen LogP contribution is -2.50. The van der Waals surface area contributed by atoms with Gasteiger partial charge in [-0.05, 0) is 25.8 Å². The summed E-state index contributed by atoms with van der Waals surface area (Å²) in [4.78, 5) is 50.1. The minimum absolute atomic E-state index is 0.0448. The van der Waals surface area contributed by atoms with Crippen LogP contribution in [-0.4, -0.2) is 51.4 Å². The molecule has 1 saturated heterocycles. The van der Waals surface area contributed by atoms with Crippen LogP contribution in [0.3, 0.4) is 0 Å². The van der Waals surface area contributed by atoms with Gasteiger partial charge in [-0.3, -0.25) is 14.4 Å². The summed E-state index contributed by atoms with van der Waals surface area (Å²) in [5.41, 5.74) is -0.375. The molecule has 22 heavy (non-hydrogen) atoms. The van der Waals surface area contributed by atoms with E-state index in [1.54, 1.807) is 0 Å². The lowest BCUT2D eigenvalue weighted by atomic mass is 10.2. The van der Waals surface area contributed by atoms with Crippen LogP contribution in [0, 0.1) is 0 Å². The van der Waals surface area contributed by atoms with Crippen LogP contribution < -0.4 is 10.9 Å². The Kier molecular flexibility index (Phi) is 4.59. The van der Waals surface area contributed by atoms with Gasteiger partial charge >= 0.3 is 5.97 Å². The molecule has 8 heteroatoms. The quantitative estimate of drug-likeness (QED) is 0.697. The average molecular weight is 307 g/mol. The van der Waals surface area contributed by atoms with Crippen LogP contribution in [0.5, 0.6) is 0 Å². The van der Waals surface area contributed by atoms with E-state index in [0.29, 0.717) is 19.4 Å². The van der Waals surface area contributed by atoms with Crippen molar-refractivity contribution in [2.75, 3.05) is 6.54 Å². The molecular weight excluding hydrogens is 290 g/mol. The molecule has 0 spiro atoms. The van der Waals surface area contributed by atoms with E-state index in [-0.39, 0.29) is 5.69 Å². The van der Waals surface area contributed by atoms with E-state index in [1.165, 1.54) is 30.0 Å². The third-order valence-corrected chi connectivity index (χ3v) is 3.55. The number of carboxylic acid groups (broad SMARTS) is 1. The number of carboxylic acids is 1. The van der Waals surface area contributed by atoms with Crippen molar-refractivity contribution in [3.05, 3.63) is 34.2 Å². The first-order chi connectivity index (χ1) is 10.4. The SMILES string of the molecule is C[C@H](NC(=O)c1cccc(=O)[nH]1)C(=O)N1CCC[C@H]1C(=O)O. The fourth-order valence-electron chi connectivity index (χ4n) is 2.45. The van der Waals surface area contributed by atoms with Crippen molar-refractivity contribution in [3.63, 3.8) is 0 Å². The van der Waals surface area contributed by atoms with Gasteiger partial charge in [0.25, 0.3) is 5.91 Å². The third-order valence-electron chi connectivity index (χ3n) is 3.55. The number of aromatic nitrogens is 1. The first-order valence-electron chi connectivity index (χ1n) is 6.93. The first kappa shape index (κ1) is 15.7. The number of amides is 2. The van der Waals surface area contributed by atoms with E-state index in [2.05, 4.69) is 10.3 Å². The predicted molar refractivity (Wildman–Crippen MR) is 76.4 cm³/mol. The molecule has 1 aromatic heterocycles. The van der Waals surface area contributed by atoms with Gasteiger partial charge in [0.1, 0.15) is 17.8 Å². The summed E-state index contributed by atoms with van der Waals surface area (Å²) in [7, 11) is 0. The monoisotopic (exact) mass is 307 g/mol. The van der Waals surface area contributed by atoms with Gasteiger partial charge in [-0.15, -0.1) is 0 Å². The zero-order chi connectivity index (χ0) is 16.3. The number of aromatic amines is 1. The number of likely N-dealkylation sites (tertiary alicyclic amines) is 1. The van der Waals surface area contributed by atoms with E-state index in [9.17, 15) is 19.2 Å². The number of hydrogen-bond donors (Lipinski definition) is 3. The molecule has 0 radical (unpaired) electrons. The molecule has 0 bridgehead atoms. The van der Waals surface area contributed by atoms with Crippen molar-refractivity contribution in [3.8, 4) is 0 Å². The van der Waals surface area contributed by atoms with Gasteiger partial charge in [0.2, 0.25) is 11.5 Å². The van der Waals surface area contributed by atoms with Crippen molar-refractivity contribution in [1.29, 1.82) is 0 Å². The van der Waals surface area contributed by atoms with Crippen LogP contribution >= 0.6 is 0 Å². The molecule has 1 aliphatic rings. The van der Waals surface area contributed by atoms with E-state index in [4.69, 9.17) is 5.11 Å². The lowest BCUT2D eigenvalue weighted by Gasteiger charge is -2.25. The summed E-state index contributed by atoms with van der Waals surface area (Å²) >= 11 is 0. The Morgan fingerprint density at radius 2 is 2.14 bits per heavy atom. The summed E-state index contributed by atoms with van der Waals surface area (Å²) in [5, 5.41) is 11.6. The number of nitrogens with zero attached hydrogens (tertiary/aromatic N) is 1. The maximum Gasteiger partial charge on any atom is 0.326 e. The zero-order valence-corrected chi connectivity index (χ0v) is 12.0. The second kappa shape index (κ2) is 6.42. The first-order valence-corrected chi connectivity index (χ1v) is 6.93. The highest BCUT2D eigenvalue weighted by Crippen LogP contribution is 2.18. The predicted octanol–water partition coefficient (Wildman–Crippen LogP) is -0.431. The summed E-state index contributed by atoms with van der Waals surface area (Å²) in [5.74, 6) is -2.09. The van der Waals surface area contributed by atoms with E-state index < -0.39 is 35.4 Å². The Morgan fingerprint density at radius 1 is 1.41 bits per heavy atom. The molecule has 0 unspecified atom stereocenters. The second-order valence-electron chi connectivity index (χ2n) is 5.15. The van der Waals surface area contributed by atoms with Gasteiger partial charge in [0.15, 0.2) is 0 Å². The topological polar surface area (TPSA) is 120 Å². The van der Waals surface area contributed by atoms with Crippen molar-refractivity contribution in [2.45, 2.75) is 31.8 Å². The molecule has 0 aromatic carbocycles. The molecule has 118 valence electrons. The molecule has 2 heterocycles. The molecule has 0 saturated carbocycles. The van der Waals surface area contributed by atoms with Crippen LogP contribution in [-0.2, 0) is 9.59 Å². The maximum atomic E-state index is 12.3. The van der Waals surface area contributed by atoms with Crippen LogP contribution in [0.25, 0.3) is 0 Å². The smallest absolute Gasteiger partial charge is 0.326 e. The Hall–Kier alpha value is -2.64. The molecule has 0 aliphatic carbocycles. The zero-order valence-electron chi connectivity index (χ0n) is 12.0. The highest BCUT2D eigenvalue weighted by molar-refractivity contribution is 5.96. The average Bonchev–Trinajstić information content (AvgIpc) is 2.95. The maximum absolute atomic E-state index is 12.3. The largest absolute Gasteiger partial charge is 0.480 e. The standard InChI is InChI=1S/C14H17N3O5/c1-8(13(20)17-7-3-5-10(17)14(21)22)15-12(19)9-4-2-6-11(18)16-9/h2,4,6,8,10H,3,5,7H2,1H3,(H,15,19)(H,16,18)(H,21,22)/t8-,10-/m0/s1. The second-order valence-corrected chi connectivity index (χ2v) is 5.15. The number of nitrogens with one attached hydrogen (secondary N) is 2. The fourth-order valence-corrected chi connectivity index (χ4v) is 2.45. The number of hydrogen-bond acceptors (Lipinski definition) is 4. The minimum Gasteiger partial charge on any atom is -0.480 e. The Morgan fingerprint density at radius 3 is 2.77 bits per heavy atom. The van der Waals surface area contributed by atoms with Gasteiger partial charge < -0.3 is 20.3 Å². The molecule has 1 aromatic rings. The van der Waals surface area contributed by atoms with Crippen molar-refractivity contribution in [1.82, 2.24) is 15.2 Å². The molecule has 2 atom stereocenters. The fraction of sp³-hybridized carbons (Fsp3) is 0.429. The minimum atomic E-state index is -1.04. The van der Waals surface area contributed by atoms with Crippen molar-refractivity contribution in [2.24, 2.45) is 0 Å². The Balaban J connectivity index is 2.04. The van der Waals surface area contributed by atoms with Crippen molar-refractivity contribution < 1.29 is 19.5 Å². The van der Waals surface area contributed by atoms with Crippen LogP contribution in [0.15, 0.2) is 23.0 Å². The van der Waals surface area contributed by atoms with Gasteiger partial charge in [0.05, 0.1) is 0 Å². The molecule has 3 N–H and O–H groups in total. The normalized spacial score (nSPS) is 18.8. The molecular formula is C14H17N3O5. The molecule has 1 fully saturated rings. The van der Waals surface area contributed by atoms with E-state index >= 15 is 0 Å². The lowest BCUT2D eigenvalue weighted by molar-refractivity contribution is -0.148. The highest BCUT2D eigenvalue weighted by Gasteiger charge is 2.36. The van der Waals surface area contributed by atoms with Crippen LogP contribution in [0.2, 0.25) is 0 Å². The van der Waals surface area contributed by atoms with Gasteiger partial charge in [-0.1, -0.05) is 6.07 Å². The summed E-state index contributed by atoms with van der Waals surface area (Å²) in [6.45, 7) is 1.84. The number of H-pyrrole nitrogens is 1. The number of carbonyl (C=O) groups is 3. The van der Waals surface area contributed by atoms with Gasteiger partial charge in [0, 0.05) is 12.6 Å². The molecule has 2 rings (SSSR count). The Labute approximate surface area is 126 Å². The summed E-state index contributed by atoms with van der Waals surface area (Å²) in [6, 6.07) is 2.40. The Bertz CT molecular complexity index is 654. The molecule has 2 amide bonds. The summed E-state index contributed by atoms with van der Waals surface area (Å²) < 4.78 is 0.